The smallest absolute Gasteiger partial charge is 0.238 e. The third-order valence-electron chi connectivity index (χ3n) is 4.01. The van der Waals surface area contributed by atoms with Gasteiger partial charge in [0, 0.05) is 6.07 Å². The minimum Gasteiger partial charge on any atom is -0.497 e. The summed E-state index contributed by atoms with van der Waals surface area (Å²) in [6.07, 6.45) is 0.763. The number of anilines is 1. The number of carbonyl (C=O) groups is 1. The van der Waals surface area contributed by atoms with Crippen molar-refractivity contribution in [3.8, 4) is 23.0 Å². The van der Waals surface area contributed by atoms with E-state index in [9.17, 15) is 4.79 Å². The van der Waals surface area contributed by atoms with Crippen molar-refractivity contribution in [3.05, 3.63) is 42.0 Å². The van der Waals surface area contributed by atoms with Crippen LogP contribution in [0, 0.1) is 0 Å². The SMILES string of the molecule is COc1ccc(NC(=O)CNCCc2ccc(OC)c(OC)c2)c(OC)c1. The topological polar surface area (TPSA) is 78.1 Å². The molecule has 0 aromatic heterocycles. The standard InChI is InChI=1S/C20H26N2O5/c1-24-15-6-7-16(18(12-15)26-3)22-20(23)13-21-10-9-14-5-8-17(25-2)19(11-14)27-4/h5-8,11-12,21H,9-10,13H2,1-4H3,(H,22,23). The van der Waals surface area contributed by atoms with Crippen LogP contribution in [-0.2, 0) is 11.2 Å². The molecular weight excluding hydrogens is 348 g/mol. The van der Waals surface area contributed by atoms with E-state index in [2.05, 4.69) is 10.6 Å². The van der Waals surface area contributed by atoms with Gasteiger partial charge in [0.1, 0.15) is 11.5 Å². The molecular formula is C20H26N2O5. The van der Waals surface area contributed by atoms with Crippen LogP contribution in [0.2, 0.25) is 0 Å². The summed E-state index contributed by atoms with van der Waals surface area (Å²) < 4.78 is 20.9. The van der Waals surface area contributed by atoms with E-state index >= 15 is 0 Å². The molecule has 2 N–H and O–H groups in total. The van der Waals surface area contributed by atoms with Crippen LogP contribution in [0.25, 0.3) is 0 Å². The van der Waals surface area contributed by atoms with Gasteiger partial charge >= 0.3 is 0 Å². The predicted octanol–water partition coefficient (Wildman–Crippen LogP) is 2.49. The Morgan fingerprint density at radius 3 is 2.26 bits per heavy atom. The summed E-state index contributed by atoms with van der Waals surface area (Å²) in [7, 11) is 6.34. The molecule has 7 nitrogen and oxygen atoms in total. The third-order valence-corrected chi connectivity index (χ3v) is 4.01. The average molecular weight is 374 g/mol. The predicted molar refractivity (Wildman–Crippen MR) is 104 cm³/mol. The molecule has 2 aromatic carbocycles. The zero-order valence-corrected chi connectivity index (χ0v) is 16.1. The van der Waals surface area contributed by atoms with Crippen LogP contribution in [0.15, 0.2) is 36.4 Å². The Balaban J connectivity index is 1.81. The van der Waals surface area contributed by atoms with E-state index in [1.165, 1.54) is 0 Å². The highest BCUT2D eigenvalue weighted by Crippen LogP contribution is 2.29. The molecule has 7 heteroatoms. The molecule has 0 heterocycles. The van der Waals surface area contributed by atoms with E-state index in [4.69, 9.17) is 18.9 Å². The van der Waals surface area contributed by atoms with E-state index in [0.717, 1.165) is 12.0 Å². The number of benzene rings is 2. The van der Waals surface area contributed by atoms with Crippen LogP contribution in [0.1, 0.15) is 5.56 Å². The Kier molecular flexibility index (Phi) is 7.76. The van der Waals surface area contributed by atoms with Crippen molar-refractivity contribution in [2.75, 3.05) is 46.8 Å². The van der Waals surface area contributed by atoms with Crippen molar-refractivity contribution in [1.82, 2.24) is 5.32 Å². The summed E-state index contributed by atoms with van der Waals surface area (Å²) in [6, 6.07) is 11.0. The Labute approximate surface area is 159 Å². The monoisotopic (exact) mass is 374 g/mol. The fourth-order valence-electron chi connectivity index (χ4n) is 2.57. The first-order chi connectivity index (χ1) is 13.1. The van der Waals surface area contributed by atoms with Crippen molar-refractivity contribution in [1.29, 1.82) is 0 Å². The van der Waals surface area contributed by atoms with Gasteiger partial charge in [-0.2, -0.15) is 0 Å². The molecule has 2 rings (SSSR count). The van der Waals surface area contributed by atoms with Crippen molar-refractivity contribution >= 4 is 11.6 Å². The van der Waals surface area contributed by atoms with Crippen LogP contribution < -0.4 is 29.6 Å². The van der Waals surface area contributed by atoms with Crippen molar-refractivity contribution in [2.45, 2.75) is 6.42 Å². The van der Waals surface area contributed by atoms with Gasteiger partial charge in [0.15, 0.2) is 11.5 Å². The summed E-state index contributed by atoms with van der Waals surface area (Å²) >= 11 is 0. The lowest BCUT2D eigenvalue weighted by atomic mass is 10.1. The fraction of sp³-hybridized carbons (Fsp3) is 0.350. The van der Waals surface area contributed by atoms with Gasteiger partial charge in [-0.1, -0.05) is 6.07 Å². The Morgan fingerprint density at radius 2 is 1.59 bits per heavy atom. The lowest BCUT2D eigenvalue weighted by molar-refractivity contribution is -0.115. The number of ether oxygens (including phenoxy) is 4. The molecule has 0 saturated carbocycles. The summed E-state index contributed by atoms with van der Waals surface area (Å²) in [5.41, 5.74) is 1.70. The number of amides is 1. The summed E-state index contributed by atoms with van der Waals surface area (Å²) in [5.74, 6) is 2.46. The number of rotatable bonds is 10. The molecule has 0 fully saturated rings. The molecule has 0 aliphatic heterocycles. The highest BCUT2D eigenvalue weighted by Gasteiger charge is 2.09. The largest absolute Gasteiger partial charge is 0.497 e. The van der Waals surface area contributed by atoms with Gasteiger partial charge in [0.2, 0.25) is 5.91 Å². The first-order valence-electron chi connectivity index (χ1n) is 8.54. The van der Waals surface area contributed by atoms with E-state index < -0.39 is 0 Å². The second-order valence-corrected chi connectivity index (χ2v) is 5.73. The number of hydrogen-bond acceptors (Lipinski definition) is 6. The molecule has 0 atom stereocenters. The lowest BCUT2D eigenvalue weighted by Crippen LogP contribution is -2.29. The molecule has 0 bridgehead atoms. The summed E-state index contributed by atoms with van der Waals surface area (Å²) in [6.45, 7) is 0.852. The molecule has 0 saturated heterocycles. The number of hydrogen-bond donors (Lipinski definition) is 2. The summed E-state index contributed by atoms with van der Waals surface area (Å²) in [4.78, 5) is 12.1. The minimum absolute atomic E-state index is 0.147. The Morgan fingerprint density at radius 1 is 0.852 bits per heavy atom. The van der Waals surface area contributed by atoms with Crippen molar-refractivity contribution in [3.63, 3.8) is 0 Å². The van der Waals surface area contributed by atoms with Crippen LogP contribution >= 0.6 is 0 Å². The number of nitrogens with one attached hydrogen (secondary N) is 2. The molecule has 1 amide bonds. The van der Waals surface area contributed by atoms with Gasteiger partial charge in [-0.3, -0.25) is 4.79 Å². The molecule has 2 aromatic rings. The quantitative estimate of drug-likeness (QED) is 0.622. The van der Waals surface area contributed by atoms with E-state index in [1.807, 2.05) is 18.2 Å². The Bertz CT molecular complexity index is 764. The van der Waals surface area contributed by atoms with Gasteiger partial charge < -0.3 is 29.6 Å². The van der Waals surface area contributed by atoms with E-state index in [1.54, 1.807) is 46.6 Å². The maximum absolute atomic E-state index is 12.1. The zero-order valence-electron chi connectivity index (χ0n) is 16.1. The lowest BCUT2D eigenvalue weighted by Gasteiger charge is -2.12. The fourth-order valence-corrected chi connectivity index (χ4v) is 2.57. The molecule has 0 unspecified atom stereocenters. The van der Waals surface area contributed by atoms with Gasteiger partial charge in [-0.05, 0) is 42.8 Å². The highest BCUT2D eigenvalue weighted by molar-refractivity contribution is 5.93. The molecule has 0 radical (unpaired) electrons. The maximum atomic E-state index is 12.1. The molecule has 27 heavy (non-hydrogen) atoms. The second-order valence-electron chi connectivity index (χ2n) is 5.73. The number of methoxy groups -OCH3 is 4. The average Bonchev–Trinajstić information content (AvgIpc) is 2.71. The Hall–Kier alpha value is -2.93. The molecule has 0 spiro atoms. The first-order valence-corrected chi connectivity index (χ1v) is 8.54. The zero-order chi connectivity index (χ0) is 19.6. The van der Waals surface area contributed by atoms with E-state index in [-0.39, 0.29) is 12.5 Å². The van der Waals surface area contributed by atoms with Crippen LogP contribution in [0.3, 0.4) is 0 Å². The normalized spacial score (nSPS) is 10.2. The summed E-state index contributed by atoms with van der Waals surface area (Å²) in [5, 5.41) is 5.96. The van der Waals surface area contributed by atoms with Gasteiger partial charge in [-0.15, -0.1) is 0 Å². The molecule has 146 valence electrons. The molecule has 0 aliphatic carbocycles. The third kappa shape index (κ3) is 5.79. The highest BCUT2D eigenvalue weighted by atomic mass is 16.5. The van der Waals surface area contributed by atoms with Crippen molar-refractivity contribution < 1.29 is 23.7 Å². The van der Waals surface area contributed by atoms with Gasteiger partial charge in [0.25, 0.3) is 0 Å². The maximum Gasteiger partial charge on any atom is 0.238 e. The minimum atomic E-state index is -0.147. The first kappa shape index (κ1) is 20.4. The van der Waals surface area contributed by atoms with Crippen LogP contribution in [0.4, 0.5) is 5.69 Å². The van der Waals surface area contributed by atoms with Crippen LogP contribution in [0.5, 0.6) is 23.0 Å². The van der Waals surface area contributed by atoms with Crippen LogP contribution in [-0.4, -0.2) is 47.4 Å². The number of carbonyl (C=O) groups excluding carboxylic acids is 1. The van der Waals surface area contributed by atoms with Gasteiger partial charge in [-0.25, -0.2) is 0 Å². The van der Waals surface area contributed by atoms with Gasteiger partial charge in [0.05, 0.1) is 40.7 Å². The second kappa shape index (κ2) is 10.3. The molecule has 0 aliphatic rings. The van der Waals surface area contributed by atoms with Crippen molar-refractivity contribution in [2.24, 2.45) is 0 Å². The van der Waals surface area contributed by atoms with E-state index in [0.29, 0.717) is 35.2 Å².